The largest absolute Gasteiger partial charge is 0.347 e. The Bertz CT molecular complexity index is 904. The zero-order valence-electron chi connectivity index (χ0n) is 17.2. The maximum absolute atomic E-state index is 12.4. The Morgan fingerprint density at radius 3 is 2.66 bits per heavy atom. The summed E-state index contributed by atoms with van der Waals surface area (Å²) in [5.41, 5.74) is 1.52. The molecule has 5 nitrogen and oxygen atoms in total. The molecule has 0 unspecified atom stereocenters. The molecule has 154 valence electrons. The van der Waals surface area contributed by atoms with Gasteiger partial charge in [-0.1, -0.05) is 13.8 Å². The molecule has 0 fully saturated rings. The van der Waals surface area contributed by atoms with Crippen LogP contribution in [0.15, 0.2) is 42.0 Å². The second-order valence-corrected chi connectivity index (χ2v) is 9.89. The van der Waals surface area contributed by atoms with E-state index >= 15 is 0 Å². The van der Waals surface area contributed by atoms with Crippen LogP contribution in [-0.4, -0.2) is 27.3 Å². The van der Waals surface area contributed by atoms with E-state index in [1.807, 2.05) is 28.8 Å². The van der Waals surface area contributed by atoms with Crippen LogP contribution in [0.3, 0.4) is 0 Å². The van der Waals surface area contributed by atoms with Gasteiger partial charge in [0.15, 0.2) is 0 Å². The van der Waals surface area contributed by atoms with E-state index in [4.69, 9.17) is 0 Å². The van der Waals surface area contributed by atoms with Gasteiger partial charge in [0.2, 0.25) is 0 Å². The van der Waals surface area contributed by atoms with Crippen LogP contribution in [0.4, 0.5) is 0 Å². The Morgan fingerprint density at radius 1 is 1.17 bits per heavy atom. The summed E-state index contributed by atoms with van der Waals surface area (Å²) >= 11 is 3.41. The Morgan fingerprint density at radius 2 is 1.97 bits per heavy atom. The molecule has 7 heteroatoms. The van der Waals surface area contributed by atoms with Gasteiger partial charge in [0.1, 0.15) is 10.7 Å². The molecule has 0 aliphatic heterocycles. The minimum atomic E-state index is -0.132. The van der Waals surface area contributed by atoms with E-state index in [1.54, 1.807) is 23.7 Å². The normalized spacial score (nSPS) is 11.3. The number of nitrogens with one attached hydrogen (secondary N) is 1. The summed E-state index contributed by atoms with van der Waals surface area (Å²) in [6.45, 7) is 9.85. The van der Waals surface area contributed by atoms with Crippen molar-refractivity contribution in [2.45, 2.75) is 46.8 Å². The number of hydrogen-bond acceptors (Lipinski definition) is 6. The quantitative estimate of drug-likeness (QED) is 0.500. The Labute approximate surface area is 180 Å². The highest BCUT2D eigenvalue weighted by molar-refractivity contribution is 7.11. The van der Waals surface area contributed by atoms with Gasteiger partial charge in [-0.3, -0.25) is 14.7 Å². The molecule has 0 spiro atoms. The first-order valence-electron chi connectivity index (χ1n) is 9.89. The molecule has 0 atom stereocenters. The summed E-state index contributed by atoms with van der Waals surface area (Å²) in [5, 5.41) is 5.77. The van der Waals surface area contributed by atoms with Gasteiger partial charge in [-0.05, 0) is 55.6 Å². The molecule has 3 heterocycles. The lowest BCUT2D eigenvalue weighted by Gasteiger charge is -2.21. The van der Waals surface area contributed by atoms with E-state index in [0.29, 0.717) is 18.2 Å². The average Bonchev–Trinajstić information content (AvgIpc) is 3.34. The number of hydrogen-bond donors (Lipinski definition) is 1. The SMILES string of the molecule is Cc1ccc(CN(CCC(C)C)Cc2nc(C(=O)NCc3ccncc3)cs2)s1. The molecular weight excluding hydrogens is 400 g/mol. The third-order valence-corrected chi connectivity index (χ3v) is 6.36. The minimum Gasteiger partial charge on any atom is -0.347 e. The molecule has 3 rings (SSSR count). The Balaban J connectivity index is 1.59. The van der Waals surface area contributed by atoms with E-state index < -0.39 is 0 Å². The highest BCUT2D eigenvalue weighted by Crippen LogP contribution is 2.20. The van der Waals surface area contributed by atoms with E-state index in [1.165, 1.54) is 9.75 Å². The first-order valence-corrected chi connectivity index (χ1v) is 11.6. The van der Waals surface area contributed by atoms with Crippen LogP contribution in [-0.2, 0) is 19.6 Å². The van der Waals surface area contributed by atoms with Crippen molar-refractivity contribution in [3.8, 4) is 0 Å². The monoisotopic (exact) mass is 428 g/mol. The van der Waals surface area contributed by atoms with E-state index in [0.717, 1.165) is 36.6 Å². The van der Waals surface area contributed by atoms with Crippen LogP contribution >= 0.6 is 22.7 Å². The molecule has 3 aromatic heterocycles. The molecule has 3 aromatic rings. The van der Waals surface area contributed by atoms with Crippen molar-refractivity contribution >= 4 is 28.6 Å². The second-order valence-electron chi connectivity index (χ2n) is 7.57. The predicted molar refractivity (Wildman–Crippen MR) is 120 cm³/mol. The summed E-state index contributed by atoms with van der Waals surface area (Å²) in [4.78, 5) is 26.2. The van der Waals surface area contributed by atoms with Gasteiger partial charge >= 0.3 is 0 Å². The number of nitrogens with zero attached hydrogens (tertiary/aromatic N) is 3. The van der Waals surface area contributed by atoms with Gasteiger partial charge in [-0.25, -0.2) is 4.98 Å². The van der Waals surface area contributed by atoms with Crippen LogP contribution < -0.4 is 5.32 Å². The lowest BCUT2D eigenvalue weighted by Crippen LogP contribution is -2.25. The van der Waals surface area contributed by atoms with Gasteiger partial charge in [0.05, 0.1) is 6.54 Å². The number of aryl methyl sites for hydroxylation is 1. The fraction of sp³-hybridized carbons (Fsp3) is 0.409. The van der Waals surface area contributed by atoms with Gasteiger partial charge in [0, 0.05) is 40.6 Å². The number of aromatic nitrogens is 2. The fourth-order valence-electron chi connectivity index (χ4n) is 2.90. The lowest BCUT2D eigenvalue weighted by molar-refractivity contribution is 0.0946. The van der Waals surface area contributed by atoms with Gasteiger partial charge in [-0.15, -0.1) is 22.7 Å². The van der Waals surface area contributed by atoms with E-state index in [-0.39, 0.29) is 5.91 Å². The van der Waals surface area contributed by atoms with E-state index in [2.05, 4.69) is 53.1 Å². The molecule has 0 saturated carbocycles. The average molecular weight is 429 g/mol. The van der Waals surface area contributed by atoms with Crippen LogP contribution in [0.2, 0.25) is 0 Å². The van der Waals surface area contributed by atoms with Crippen LogP contribution in [0.1, 0.15) is 51.1 Å². The highest BCUT2D eigenvalue weighted by atomic mass is 32.1. The first kappa shape index (κ1) is 21.6. The molecule has 0 saturated heterocycles. The molecule has 1 N–H and O–H groups in total. The maximum atomic E-state index is 12.4. The molecule has 29 heavy (non-hydrogen) atoms. The van der Waals surface area contributed by atoms with Crippen molar-refractivity contribution in [1.82, 2.24) is 20.2 Å². The summed E-state index contributed by atoms with van der Waals surface area (Å²) < 4.78 is 0. The predicted octanol–water partition coefficient (Wildman–Crippen LogP) is 4.89. The summed E-state index contributed by atoms with van der Waals surface area (Å²) in [6, 6.07) is 8.18. The number of rotatable bonds is 10. The standard InChI is InChI=1S/C22H28N4OS2/c1-16(2)8-11-26(13-19-5-4-17(3)29-19)14-21-25-20(15-28-21)22(27)24-12-18-6-9-23-10-7-18/h4-7,9-10,15-16H,8,11-14H2,1-3H3,(H,24,27). The summed E-state index contributed by atoms with van der Waals surface area (Å²) in [5.74, 6) is 0.528. The third-order valence-electron chi connectivity index (χ3n) is 4.54. The minimum absolute atomic E-state index is 0.132. The molecular formula is C22H28N4OS2. The van der Waals surface area contributed by atoms with Gasteiger partial charge in [0.25, 0.3) is 5.91 Å². The van der Waals surface area contributed by atoms with E-state index in [9.17, 15) is 4.79 Å². The van der Waals surface area contributed by atoms with Gasteiger partial charge in [-0.2, -0.15) is 0 Å². The maximum Gasteiger partial charge on any atom is 0.271 e. The van der Waals surface area contributed by atoms with Crippen molar-refractivity contribution in [1.29, 1.82) is 0 Å². The molecule has 0 aromatic carbocycles. The van der Waals surface area contributed by atoms with Crippen LogP contribution in [0.5, 0.6) is 0 Å². The summed E-state index contributed by atoms with van der Waals surface area (Å²) in [6.07, 6.45) is 4.60. The first-order chi connectivity index (χ1) is 14.0. The highest BCUT2D eigenvalue weighted by Gasteiger charge is 2.15. The number of thiophene rings is 1. The Hall–Kier alpha value is -2.09. The van der Waals surface area contributed by atoms with Crippen molar-refractivity contribution in [3.05, 3.63) is 68.1 Å². The van der Waals surface area contributed by atoms with Crippen molar-refractivity contribution in [3.63, 3.8) is 0 Å². The Kier molecular flexibility index (Phi) is 7.91. The van der Waals surface area contributed by atoms with Crippen LogP contribution in [0, 0.1) is 12.8 Å². The van der Waals surface area contributed by atoms with Crippen molar-refractivity contribution < 1.29 is 4.79 Å². The smallest absolute Gasteiger partial charge is 0.271 e. The molecule has 0 aliphatic carbocycles. The number of carbonyl (C=O) groups excluding carboxylic acids is 1. The number of carbonyl (C=O) groups is 1. The van der Waals surface area contributed by atoms with Crippen molar-refractivity contribution in [2.75, 3.05) is 6.54 Å². The topological polar surface area (TPSA) is 58.1 Å². The number of amides is 1. The second kappa shape index (κ2) is 10.6. The molecule has 0 aliphatic rings. The molecule has 0 radical (unpaired) electrons. The van der Waals surface area contributed by atoms with Gasteiger partial charge < -0.3 is 5.32 Å². The number of pyridine rings is 1. The van der Waals surface area contributed by atoms with Crippen LogP contribution in [0.25, 0.3) is 0 Å². The van der Waals surface area contributed by atoms with Crippen molar-refractivity contribution in [2.24, 2.45) is 5.92 Å². The lowest BCUT2D eigenvalue weighted by atomic mass is 10.1. The zero-order valence-corrected chi connectivity index (χ0v) is 18.9. The third kappa shape index (κ3) is 7.03. The molecule has 0 bridgehead atoms. The summed E-state index contributed by atoms with van der Waals surface area (Å²) in [7, 11) is 0. The zero-order chi connectivity index (χ0) is 20.6. The molecule has 1 amide bonds. The number of thiazole rings is 1. The fourth-order valence-corrected chi connectivity index (χ4v) is 4.65.